The van der Waals surface area contributed by atoms with Crippen molar-refractivity contribution in [2.24, 2.45) is 0 Å². The molecule has 0 aromatic carbocycles. The molecule has 0 spiro atoms. The lowest BCUT2D eigenvalue weighted by Crippen LogP contribution is -2.09. The van der Waals surface area contributed by atoms with E-state index in [-0.39, 0.29) is 11.4 Å². The third-order valence-electron chi connectivity index (χ3n) is 0.995. The van der Waals surface area contributed by atoms with E-state index in [1.807, 2.05) is 0 Å². The molecule has 0 atom stereocenters. The number of hydrogen-bond donors (Lipinski definition) is 1. The van der Waals surface area contributed by atoms with Gasteiger partial charge in [-0.2, -0.15) is 0 Å². The number of aromatic nitrogens is 1. The second-order valence-corrected chi connectivity index (χ2v) is 1.97. The fourth-order valence-corrected chi connectivity index (χ4v) is 0.642. The summed E-state index contributed by atoms with van der Waals surface area (Å²) in [5, 5.41) is 0. The summed E-state index contributed by atoms with van der Waals surface area (Å²) in [4.78, 5) is 23.3. The normalized spacial score (nSPS) is 9.18. The number of hydrogen-bond acceptors (Lipinski definition) is 3. The minimum atomic E-state index is -0.452. The van der Waals surface area contributed by atoms with E-state index in [9.17, 15) is 9.59 Å². The largest absolute Gasteiger partial charge is 0.410 e. The van der Waals surface area contributed by atoms with Crippen molar-refractivity contribution < 1.29 is 9.53 Å². The molecule has 1 rings (SSSR count). The average molecular weight is 153 g/mol. The minimum Gasteiger partial charge on any atom is -0.410 e. The standard InChI is InChI=1S/C7H7NO3/c1-5(9)11-7-4-2-3-6(10)8-7/h2-4H,1H3,(H,8,10). The van der Waals surface area contributed by atoms with Crippen LogP contribution < -0.4 is 10.3 Å². The molecule has 0 aliphatic rings. The number of ether oxygens (including phenoxy) is 1. The van der Waals surface area contributed by atoms with E-state index in [4.69, 9.17) is 0 Å². The Morgan fingerprint density at radius 1 is 1.55 bits per heavy atom. The minimum absolute atomic E-state index is 0.171. The summed E-state index contributed by atoms with van der Waals surface area (Å²) in [6.45, 7) is 1.27. The lowest BCUT2D eigenvalue weighted by molar-refractivity contribution is -0.132. The lowest BCUT2D eigenvalue weighted by Gasteiger charge is -1.97. The van der Waals surface area contributed by atoms with Crippen molar-refractivity contribution in [3.8, 4) is 5.88 Å². The van der Waals surface area contributed by atoms with Crippen LogP contribution in [0.2, 0.25) is 0 Å². The zero-order valence-electron chi connectivity index (χ0n) is 5.96. The molecule has 1 heterocycles. The van der Waals surface area contributed by atoms with Crippen molar-refractivity contribution in [2.75, 3.05) is 0 Å². The van der Waals surface area contributed by atoms with Crippen molar-refractivity contribution in [3.05, 3.63) is 28.6 Å². The quantitative estimate of drug-likeness (QED) is 0.590. The van der Waals surface area contributed by atoms with Gasteiger partial charge in [0.15, 0.2) is 0 Å². The Morgan fingerprint density at radius 2 is 2.27 bits per heavy atom. The Bertz CT molecular complexity index is 315. The first-order valence-electron chi connectivity index (χ1n) is 3.06. The fraction of sp³-hybridized carbons (Fsp3) is 0.143. The maximum Gasteiger partial charge on any atom is 0.309 e. The number of esters is 1. The number of carbonyl (C=O) groups is 1. The molecule has 11 heavy (non-hydrogen) atoms. The smallest absolute Gasteiger partial charge is 0.309 e. The summed E-state index contributed by atoms with van der Waals surface area (Å²) in [6, 6.07) is 4.35. The van der Waals surface area contributed by atoms with Crippen LogP contribution in [0.1, 0.15) is 6.92 Å². The van der Waals surface area contributed by atoms with Gasteiger partial charge in [0.2, 0.25) is 5.88 Å². The van der Waals surface area contributed by atoms with Gasteiger partial charge >= 0.3 is 5.97 Å². The summed E-state index contributed by atoms with van der Waals surface area (Å²) < 4.78 is 4.60. The van der Waals surface area contributed by atoms with Gasteiger partial charge in [0.05, 0.1) is 0 Å². The van der Waals surface area contributed by atoms with Gasteiger partial charge in [0, 0.05) is 13.0 Å². The summed E-state index contributed by atoms with van der Waals surface area (Å²) >= 11 is 0. The molecule has 0 bridgehead atoms. The maximum atomic E-state index is 10.6. The number of nitrogens with one attached hydrogen (secondary N) is 1. The monoisotopic (exact) mass is 153 g/mol. The first-order chi connectivity index (χ1) is 5.18. The number of carbonyl (C=O) groups excluding carboxylic acids is 1. The van der Waals surface area contributed by atoms with Crippen molar-refractivity contribution in [1.82, 2.24) is 4.98 Å². The molecular weight excluding hydrogens is 146 g/mol. The predicted molar refractivity (Wildman–Crippen MR) is 38.4 cm³/mol. The topological polar surface area (TPSA) is 59.2 Å². The number of aromatic amines is 1. The summed E-state index contributed by atoms with van der Waals surface area (Å²) in [5.74, 6) is -0.281. The Hall–Kier alpha value is -1.58. The average Bonchev–Trinajstić information content (AvgIpc) is 1.85. The van der Waals surface area contributed by atoms with E-state index in [1.54, 1.807) is 0 Å². The highest BCUT2D eigenvalue weighted by Crippen LogP contribution is 1.99. The highest BCUT2D eigenvalue weighted by atomic mass is 16.5. The SMILES string of the molecule is CC(=O)Oc1cccc(=O)[nH]1. The van der Waals surface area contributed by atoms with E-state index in [0.717, 1.165) is 0 Å². The lowest BCUT2D eigenvalue weighted by atomic mass is 10.5. The van der Waals surface area contributed by atoms with Gasteiger partial charge in [0.25, 0.3) is 5.56 Å². The van der Waals surface area contributed by atoms with E-state index in [1.165, 1.54) is 25.1 Å². The third-order valence-corrected chi connectivity index (χ3v) is 0.995. The number of pyridine rings is 1. The van der Waals surface area contributed by atoms with Crippen molar-refractivity contribution in [2.45, 2.75) is 6.92 Å². The first-order valence-corrected chi connectivity index (χ1v) is 3.06. The van der Waals surface area contributed by atoms with Gasteiger partial charge in [-0.3, -0.25) is 14.6 Å². The maximum absolute atomic E-state index is 10.6. The molecule has 0 unspecified atom stereocenters. The molecular formula is C7H7NO3. The van der Waals surface area contributed by atoms with Crippen LogP contribution in [-0.4, -0.2) is 11.0 Å². The molecule has 0 fully saturated rings. The van der Waals surface area contributed by atoms with Crippen molar-refractivity contribution in [1.29, 1.82) is 0 Å². The zero-order valence-corrected chi connectivity index (χ0v) is 5.96. The van der Waals surface area contributed by atoms with Gasteiger partial charge in [-0.15, -0.1) is 0 Å². The van der Waals surface area contributed by atoms with Crippen LogP contribution in [-0.2, 0) is 4.79 Å². The molecule has 1 aromatic rings. The van der Waals surface area contributed by atoms with Crippen LogP contribution in [0.5, 0.6) is 5.88 Å². The van der Waals surface area contributed by atoms with Crippen LogP contribution in [0.3, 0.4) is 0 Å². The Balaban J connectivity index is 2.88. The molecule has 1 N–H and O–H groups in total. The highest BCUT2D eigenvalue weighted by molar-refractivity contribution is 5.68. The molecule has 0 aliphatic carbocycles. The first kappa shape index (κ1) is 7.53. The van der Waals surface area contributed by atoms with Crippen LogP contribution in [0.25, 0.3) is 0 Å². The molecule has 0 aliphatic heterocycles. The van der Waals surface area contributed by atoms with Gasteiger partial charge < -0.3 is 4.74 Å². The van der Waals surface area contributed by atoms with Crippen molar-refractivity contribution >= 4 is 5.97 Å². The third kappa shape index (κ3) is 2.25. The Morgan fingerprint density at radius 3 is 2.82 bits per heavy atom. The molecule has 0 saturated carbocycles. The van der Waals surface area contributed by atoms with Gasteiger partial charge in [0.1, 0.15) is 0 Å². The molecule has 4 heteroatoms. The summed E-state index contributed by atoms with van der Waals surface area (Å²) in [5.41, 5.74) is -0.288. The van der Waals surface area contributed by atoms with Crippen LogP contribution in [0.4, 0.5) is 0 Å². The van der Waals surface area contributed by atoms with E-state index in [0.29, 0.717) is 0 Å². The number of rotatable bonds is 1. The predicted octanol–water partition coefficient (Wildman–Crippen LogP) is 0.300. The Kier molecular flexibility index (Phi) is 2.06. The second-order valence-electron chi connectivity index (χ2n) is 1.97. The molecule has 0 radical (unpaired) electrons. The van der Waals surface area contributed by atoms with Gasteiger partial charge in [-0.05, 0) is 6.07 Å². The van der Waals surface area contributed by atoms with E-state index in [2.05, 4.69) is 9.72 Å². The van der Waals surface area contributed by atoms with Crippen LogP contribution in [0.15, 0.2) is 23.0 Å². The summed E-state index contributed by atoms with van der Waals surface area (Å²) in [7, 11) is 0. The van der Waals surface area contributed by atoms with E-state index >= 15 is 0 Å². The Labute approximate surface area is 62.8 Å². The molecule has 0 amide bonds. The summed E-state index contributed by atoms with van der Waals surface area (Å²) in [6.07, 6.45) is 0. The zero-order chi connectivity index (χ0) is 8.27. The molecule has 0 saturated heterocycles. The van der Waals surface area contributed by atoms with Crippen LogP contribution >= 0.6 is 0 Å². The highest BCUT2D eigenvalue weighted by Gasteiger charge is 1.95. The van der Waals surface area contributed by atoms with Crippen molar-refractivity contribution in [3.63, 3.8) is 0 Å². The van der Waals surface area contributed by atoms with E-state index < -0.39 is 5.97 Å². The van der Waals surface area contributed by atoms with Gasteiger partial charge in [-0.1, -0.05) is 6.07 Å². The van der Waals surface area contributed by atoms with Crippen LogP contribution in [0, 0.1) is 0 Å². The molecule has 1 aromatic heterocycles. The fourth-order valence-electron chi connectivity index (χ4n) is 0.642. The number of H-pyrrole nitrogens is 1. The second kappa shape index (κ2) is 3.01. The molecule has 4 nitrogen and oxygen atoms in total. The van der Waals surface area contributed by atoms with Gasteiger partial charge in [-0.25, -0.2) is 0 Å². The molecule has 58 valence electrons.